The highest BCUT2D eigenvalue weighted by molar-refractivity contribution is 7.89. The number of carbonyl (C=O) groups excluding carboxylic acids is 2. The first-order chi connectivity index (χ1) is 14.2. The molecule has 1 fully saturated rings. The number of nitrogens with two attached hydrogens (primary N) is 1. The molecule has 0 saturated carbocycles. The van der Waals surface area contributed by atoms with Crippen LogP contribution in [0.4, 0.5) is 0 Å². The van der Waals surface area contributed by atoms with Crippen molar-refractivity contribution in [2.24, 2.45) is 12.8 Å². The number of hydrogen-bond donors (Lipinski definition) is 1. The SMILES string of the molecule is Cn1cc(S(=O)(=O)N2CCN(C(=O)c3cc(Cl)c4c(c3)OCO4)CC2)cc1C(N)=O. The second-order valence-corrected chi connectivity index (χ2v) is 9.27. The van der Waals surface area contributed by atoms with Gasteiger partial charge in [0, 0.05) is 45.0 Å². The van der Waals surface area contributed by atoms with Crippen molar-refractivity contribution < 1.29 is 27.5 Å². The van der Waals surface area contributed by atoms with Crippen molar-refractivity contribution in [2.45, 2.75) is 4.90 Å². The molecule has 1 saturated heterocycles. The Labute approximate surface area is 177 Å². The number of rotatable bonds is 4. The number of halogens is 1. The minimum atomic E-state index is -3.82. The summed E-state index contributed by atoms with van der Waals surface area (Å²) < 4.78 is 39.0. The van der Waals surface area contributed by atoms with Gasteiger partial charge in [-0.05, 0) is 18.2 Å². The van der Waals surface area contributed by atoms with E-state index in [1.807, 2.05) is 0 Å². The van der Waals surface area contributed by atoms with Gasteiger partial charge in [0.1, 0.15) is 10.6 Å². The molecule has 0 radical (unpaired) electrons. The van der Waals surface area contributed by atoms with E-state index in [0.717, 1.165) is 0 Å². The van der Waals surface area contributed by atoms with Gasteiger partial charge in [-0.25, -0.2) is 8.42 Å². The van der Waals surface area contributed by atoms with Gasteiger partial charge in [-0.15, -0.1) is 0 Å². The van der Waals surface area contributed by atoms with Crippen LogP contribution in [0.3, 0.4) is 0 Å². The van der Waals surface area contributed by atoms with Crippen molar-refractivity contribution in [2.75, 3.05) is 33.0 Å². The van der Waals surface area contributed by atoms with E-state index in [2.05, 4.69) is 0 Å². The number of aromatic nitrogens is 1. The molecule has 2 aromatic rings. The zero-order valence-corrected chi connectivity index (χ0v) is 17.6. The number of benzene rings is 1. The third-order valence-electron chi connectivity index (χ3n) is 5.07. The Balaban J connectivity index is 1.47. The highest BCUT2D eigenvalue weighted by Gasteiger charge is 2.32. The van der Waals surface area contributed by atoms with Crippen LogP contribution in [0.5, 0.6) is 11.5 Å². The van der Waals surface area contributed by atoms with E-state index in [1.54, 1.807) is 18.0 Å². The minimum absolute atomic E-state index is 0.0128. The van der Waals surface area contributed by atoms with Crippen molar-refractivity contribution in [3.63, 3.8) is 0 Å². The molecule has 3 heterocycles. The molecule has 10 nitrogen and oxygen atoms in total. The number of primary amides is 1. The van der Waals surface area contributed by atoms with Crippen LogP contribution >= 0.6 is 11.6 Å². The smallest absolute Gasteiger partial charge is 0.265 e. The van der Waals surface area contributed by atoms with Gasteiger partial charge in [-0.3, -0.25) is 9.59 Å². The molecule has 0 unspecified atom stereocenters. The second-order valence-electron chi connectivity index (χ2n) is 6.92. The average Bonchev–Trinajstić information content (AvgIpc) is 3.34. The van der Waals surface area contributed by atoms with E-state index in [-0.39, 0.29) is 54.5 Å². The van der Waals surface area contributed by atoms with E-state index in [9.17, 15) is 18.0 Å². The lowest BCUT2D eigenvalue weighted by atomic mass is 10.1. The Kier molecular flexibility index (Phi) is 5.12. The van der Waals surface area contributed by atoms with Crippen molar-refractivity contribution in [1.29, 1.82) is 0 Å². The van der Waals surface area contributed by atoms with Gasteiger partial charge in [0.15, 0.2) is 11.5 Å². The number of fused-ring (bicyclic) bond motifs is 1. The molecule has 2 amide bonds. The Hall–Kier alpha value is -2.76. The van der Waals surface area contributed by atoms with E-state index >= 15 is 0 Å². The van der Waals surface area contributed by atoms with E-state index in [4.69, 9.17) is 26.8 Å². The maximum absolute atomic E-state index is 12.9. The molecule has 160 valence electrons. The van der Waals surface area contributed by atoms with Crippen LogP contribution in [0.15, 0.2) is 29.3 Å². The summed E-state index contributed by atoms with van der Waals surface area (Å²) in [4.78, 5) is 25.8. The number of ether oxygens (including phenoxy) is 2. The summed E-state index contributed by atoms with van der Waals surface area (Å²) in [6, 6.07) is 4.33. The Bertz CT molecular complexity index is 1140. The molecule has 0 atom stereocenters. The van der Waals surface area contributed by atoms with Crippen LogP contribution in [-0.4, -0.2) is 67.0 Å². The fraction of sp³-hybridized carbons (Fsp3) is 0.333. The van der Waals surface area contributed by atoms with Gasteiger partial charge in [-0.2, -0.15) is 4.31 Å². The lowest BCUT2D eigenvalue weighted by Crippen LogP contribution is -2.50. The summed E-state index contributed by atoms with van der Waals surface area (Å²) in [5.74, 6) is -0.177. The van der Waals surface area contributed by atoms with E-state index < -0.39 is 15.9 Å². The van der Waals surface area contributed by atoms with Crippen molar-refractivity contribution >= 4 is 33.4 Å². The highest BCUT2D eigenvalue weighted by Crippen LogP contribution is 2.40. The highest BCUT2D eigenvalue weighted by atomic mass is 35.5. The number of nitrogens with zero attached hydrogens (tertiary/aromatic N) is 3. The standard InChI is InChI=1S/C18H19ClN4O6S/c1-21-9-12(8-14(21)17(20)24)30(26,27)23-4-2-22(3-5-23)18(25)11-6-13(19)16-15(7-11)28-10-29-16/h6-9H,2-5,10H2,1H3,(H2,20,24). The third-order valence-corrected chi connectivity index (χ3v) is 7.21. The number of piperazine rings is 1. The fourth-order valence-electron chi connectivity index (χ4n) is 3.47. The first-order valence-electron chi connectivity index (χ1n) is 9.03. The molecule has 30 heavy (non-hydrogen) atoms. The number of sulfonamides is 1. The predicted molar refractivity (Wildman–Crippen MR) is 106 cm³/mol. The molecule has 0 aliphatic carbocycles. The molecule has 0 spiro atoms. The molecule has 12 heteroatoms. The fourth-order valence-corrected chi connectivity index (χ4v) is 5.23. The van der Waals surface area contributed by atoms with Gasteiger partial charge in [0.05, 0.1) is 5.02 Å². The summed E-state index contributed by atoms with van der Waals surface area (Å²) in [5.41, 5.74) is 5.70. The first kappa shape index (κ1) is 20.5. The maximum Gasteiger partial charge on any atom is 0.265 e. The quantitative estimate of drug-likeness (QED) is 0.723. The Morgan fingerprint density at radius 1 is 1.10 bits per heavy atom. The van der Waals surface area contributed by atoms with E-state index in [0.29, 0.717) is 17.1 Å². The molecule has 1 aromatic heterocycles. The zero-order valence-electron chi connectivity index (χ0n) is 16.0. The van der Waals surface area contributed by atoms with Crippen LogP contribution < -0.4 is 15.2 Å². The van der Waals surface area contributed by atoms with Gasteiger partial charge in [-0.1, -0.05) is 11.6 Å². The number of aryl methyl sites for hydroxylation is 1. The molecule has 1 aromatic carbocycles. The molecule has 2 N–H and O–H groups in total. The normalized spacial score (nSPS) is 16.7. The zero-order chi connectivity index (χ0) is 21.6. The third kappa shape index (κ3) is 3.48. The number of hydrogen-bond acceptors (Lipinski definition) is 6. The monoisotopic (exact) mass is 454 g/mol. The number of amides is 2. The van der Waals surface area contributed by atoms with Gasteiger partial charge in [0.25, 0.3) is 11.8 Å². The van der Waals surface area contributed by atoms with Gasteiger partial charge in [0.2, 0.25) is 16.8 Å². The van der Waals surface area contributed by atoms with Crippen LogP contribution in [-0.2, 0) is 17.1 Å². The summed E-state index contributed by atoms with van der Waals surface area (Å²) in [7, 11) is -2.27. The Morgan fingerprint density at radius 3 is 2.43 bits per heavy atom. The molecular formula is C18H19ClN4O6S. The van der Waals surface area contributed by atoms with Gasteiger partial charge < -0.3 is 24.7 Å². The summed E-state index contributed by atoms with van der Waals surface area (Å²) in [5, 5.41) is 0.281. The topological polar surface area (TPSA) is 124 Å². The summed E-state index contributed by atoms with van der Waals surface area (Å²) in [6.07, 6.45) is 1.35. The molecule has 2 aliphatic rings. The van der Waals surface area contributed by atoms with Crippen LogP contribution in [0.25, 0.3) is 0 Å². The van der Waals surface area contributed by atoms with Gasteiger partial charge >= 0.3 is 0 Å². The number of carbonyl (C=O) groups is 2. The molecule has 2 aliphatic heterocycles. The molecule has 0 bridgehead atoms. The predicted octanol–water partition coefficient (Wildman–Crippen LogP) is 0.653. The largest absolute Gasteiger partial charge is 0.454 e. The summed E-state index contributed by atoms with van der Waals surface area (Å²) in [6.45, 7) is 0.694. The van der Waals surface area contributed by atoms with Crippen LogP contribution in [0.1, 0.15) is 20.8 Å². The first-order valence-corrected chi connectivity index (χ1v) is 10.8. The van der Waals surface area contributed by atoms with Crippen molar-refractivity contribution in [3.05, 3.63) is 40.7 Å². The molecular weight excluding hydrogens is 436 g/mol. The van der Waals surface area contributed by atoms with Crippen LogP contribution in [0, 0.1) is 0 Å². The lowest BCUT2D eigenvalue weighted by molar-refractivity contribution is 0.0697. The maximum atomic E-state index is 12.9. The average molecular weight is 455 g/mol. The van der Waals surface area contributed by atoms with E-state index in [1.165, 1.54) is 27.2 Å². The Morgan fingerprint density at radius 2 is 1.80 bits per heavy atom. The minimum Gasteiger partial charge on any atom is -0.454 e. The summed E-state index contributed by atoms with van der Waals surface area (Å²) >= 11 is 6.15. The lowest BCUT2D eigenvalue weighted by Gasteiger charge is -2.33. The van der Waals surface area contributed by atoms with Crippen LogP contribution in [0.2, 0.25) is 5.02 Å². The van der Waals surface area contributed by atoms with Crippen molar-refractivity contribution in [3.8, 4) is 11.5 Å². The second kappa shape index (κ2) is 7.49. The molecule has 4 rings (SSSR count). The van der Waals surface area contributed by atoms with Crippen molar-refractivity contribution in [1.82, 2.24) is 13.8 Å².